The van der Waals surface area contributed by atoms with Gasteiger partial charge >= 0.3 is 0 Å². The van der Waals surface area contributed by atoms with Crippen molar-refractivity contribution in [1.82, 2.24) is 5.32 Å². The third-order valence-corrected chi connectivity index (χ3v) is 4.93. The van der Waals surface area contributed by atoms with E-state index in [1.54, 1.807) is 0 Å². The molecular weight excluding hydrogens is 334 g/mol. The largest absolute Gasteiger partial charge is 0.326 e. The lowest BCUT2D eigenvalue weighted by Gasteiger charge is -2.09. The van der Waals surface area contributed by atoms with E-state index in [9.17, 15) is 9.59 Å². The summed E-state index contributed by atoms with van der Waals surface area (Å²) in [5, 5.41) is 5.73. The van der Waals surface area contributed by atoms with Crippen LogP contribution in [0.25, 0.3) is 0 Å². The quantitative estimate of drug-likeness (QED) is 0.868. The van der Waals surface area contributed by atoms with E-state index >= 15 is 0 Å². The number of amidine groups is 1. The minimum Gasteiger partial charge on any atom is -0.326 e. The third-order valence-electron chi connectivity index (χ3n) is 3.81. The van der Waals surface area contributed by atoms with Crippen LogP contribution in [-0.2, 0) is 16.1 Å². The Bertz CT molecular complexity index is 805. The third kappa shape index (κ3) is 4.70. The monoisotopic (exact) mass is 353 g/mol. The van der Waals surface area contributed by atoms with Crippen molar-refractivity contribution >= 4 is 34.4 Å². The molecule has 1 heterocycles. The predicted octanol–water partition coefficient (Wildman–Crippen LogP) is 3.11. The lowest BCUT2D eigenvalue weighted by atomic mass is 10.2. The highest BCUT2D eigenvalue weighted by atomic mass is 32.2. The molecule has 2 N–H and O–H groups in total. The molecule has 0 bridgehead atoms. The Morgan fingerprint density at radius 2 is 1.88 bits per heavy atom. The normalized spacial score (nSPS) is 18.2. The fraction of sp³-hybridized carbons (Fsp3) is 0.211. The highest BCUT2D eigenvalue weighted by molar-refractivity contribution is 8.15. The lowest BCUT2D eigenvalue weighted by Crippen LogP contribution is -2.28. The van der Waals surface area contributed by atoms with Crippen LogP contribution in [0.2, 0.25) is 0 Å². The molecule has 0 saturated carbocycles. The molecule has 2 aromatic carbocycles. The van der Waals surface area contributed by atoms with E-state index < -0.39 is 5.25 Å². The summed E-state index contributed by atoms with van der Waals surface area (Å²) >= 11 is 1.31. The fourth-order valence-electron chi connectivity index (χ4n) is 2.44. The Morgan fingerprint density at radius 1 is 1.16 bits per heavy atom. The van der Waals surface area contributed by atoms with Crippen LogP contribution >= 0.6 is 11.8 Å². The first-order valence-corrected chi connectivity index (χ1v) is 8.91. The van der Waals surface area contributed by atoms with Crippen molar-refractivity contribution in [2.45, 2.75) is 25.1 Å². The SMILES string of the molecule is Cc1ccccc1NC(=O)C[C@@H]1SC(=NCc2ccccc2)NC1=O. The Morgan fingerprint density at radius 3 is 2.64 bits per heavy atom. The van der Waals surface area contributed by atoms with E-state index in [0.29, 0.717) is 11.7 Å². The number of hydrogen-bond donors (Lipinski definition) is 2. The lowest BCUT2D eigenvalue weighted by molar-refractivity contribution is -0.122. The molecule has 1 atom stereocenters. The topological polar surface area (TPSA) is 70.6 Å². The number of benzene rings is 2. The van der Waals surface area contributed by atoms with E-state index in [-0.39, 0.29) is 18.2 Å². The van der Waals surface area contributed by atoms with Gasteiger partial charge in [-0.25, -0.2) is 0 Å². The van der Waals surface area contributed by atoms with Crippen LogP contribution in [-0.4, -0.2) is 22.2 Å². The molecule has 0 radical (unpaired) electrons. The summed E-state index contributed by atoms with van der Waals surface area (Å²) in [4.78, 5) is 28.7. The van der Waals surface area contributed by atoms with Crippen molar-refractivity contribution < 1.29 is 9.59 Å². The molecule has 25 heavy (non-hydrogen) atoms. The number of amides is 2. The Balaban J connectivity index is 1.56. The number of thioether (sulfide) groups is 1. The summed E-state index contributed by atoms with van der Waals surface area (Å²) < 4.78 is 0. The van der Waals surface area contributed by atoms with Crippen LogP contribution in [0.4, 0.5) is 5.69 Å². The van der Waals surface area contributed by atoms with Crippen molar-refractivity contribution in [3.05, 3.63) is 65.7 Å². The van der Waals surface area contributed by atoms with E-state index in [4.69, 9.17) is 0 Å². The fourth-order valence-corrected chi connectivity index (χ4v) is 3.41. The molecule has 0 aromatic heterocycles. The number of carbonyl (C=O) groups excluding carboxylic acids is 2. The van der Waals surface area contributed by atoms with Crippen molar-refractivity contribution in [3.63, 3.8) is 0 Å². The summed E-state index contributed by atoms with van der Waals surface area (Å²) in [6.45, 7) is 2.44. The molecule has 1 saturated heterocycles. The maximum absolute atomic E-state index is 12.2. The number of para-hydroxylation sites is 1. The van der Waals surface area contributed by atoms with Gasteiger partial charge in [0, 0.05) is 12.1 Å². The van der Waals surface area contributed by atoms with Gasteiger partial charge in [-0.1, -0.05) is 60.3 Å². The summed E-state index contributed by atoms with van der Waals surface area (Å²) in [5.41, 5.74) is 2.84. The van der Waals surface area contributed by atoms with Gasteiger partial charge in [0.2, 0.25) is 11.8 Å². The van der Waals surface area contributed by atoms with Crippen LogP contribution in [0.1, 0.15) is 17.5 Å². The van der Waals surface area contributed by atoms with E-state index in [1.165, 1.54) is 11.8 Å². The number of nitrogens with zero attached hydrogens (tertiary/aromatic N) is 1. The maximum Gasteiger partial charge on any atom is 0.240 e. The second-order valence-electron chi connectivity index (χ2n) is 5.77. The van der Waals surface area contributed by atoms with Gasteiger partial charge in [-0.05, 0) is 24.1 Å². The van der Waals surface area contributed by atoms with Gasteiger partial charge in [-0.3, -0.25) is 14.6 Å². The van der Waals surface area contributed by atoms with E-state index in [0.717, 1.165) is 16.8 Å². The second-order valence-corrected chi connectivity index (χ2v) is 6.96. The molecule has 0 spiro atoms. The standard InChI is InChI=1S/C19H19N3O2S/c1-13-7-5-6-10-15(13)21-17(23)11-16-18(24)22-19(25-16)20-12-14-8-3-2-4-9-14/h2-10,16H,11-12H2,1H3,(H,21,23)(H,20,22,24)/t16-/m0/s1. The summed E-state index contributed by atoms with van der Waals surface area (Å²) in [6, 6.07) is 17.4. The molecule has 2 amide bonds. The first kappa shape index (κ1) is 17.2. The van der Waals surface area contributed by atoms with Crippen LogP contribution < -0.4 is 10.6 Å². The molecule has 0 aliphatic carbocycles. The first-order valence-electron chi connectivity index (χ1n) is 8.03. The molecule has 5 nitrogen and oxygen atoms in total. The predicted molar refractivity (Wildman–Crippen MR) is 102 cm³/mol. The zero-order valence-corrected chi connectivity index (χ0v) is 14.7. The van der Waals surface area contributed by atoms with Gasteiger partial charge < -0.3 is 10.6 Å². The molecule has 3 rings (SSSR count). The zero-order chi connectivity index (χ0) is 17.6. The minimum absolute atomic E-state index is 0.120. The average molecular weight is 353 g/mol. The van der Waals surface area contributed by atoms with Gasteiger partial charge in [0.25, 0.3) is 0 Å². The molecule has 1 fully saturated rings. The van der Waals surface area contributed by atoms with Crippen LogP contribution in [0, 0.1) is 6.92 Å². The van der Waals surface area contributed by atoms with Gasteiger partial charge in [0.05, 0.1) is 6.54 Å². The molecule has 6 heteroatoms. The molecule has 1 aliphatic rings. The van der Waals surface area contributed by atoms with Crippen molar-refractivity contribution in [3.8, 4) is 0 Å². The molecule has 1 aliphatic heterocycles. The van der Waals surface area contributed by atoms with Crippen molar-refractivity contribution in [1.29, 1.82) is 0 Å². The Labute approximate surface area is 150 Å². The molecule has 128 valence electrons. The van der Waals surface area contributed by atoms with Crippen LogP contribution in [0.5, 0.6) is 0 Å². The number of carbonyl (C=O) groups is 2. The highest BCUT2D eigenvalue weighted by Gasteiger charge is 2.32. The van der Waals surface area contributed by atoms with Crippen molar-refractivity contribution in [2.75, 3.05) is 5.32 Å². The second kappa shape index (κ2) is 7.98. The van der Waals surface area contributed by atoms with Gasteiger partial charge in [0.1, 0.15) is 5.25 Å². The summed E-state index contributed by atoms with van der Waals surface area (Å²) in [5.74, 6) is -0.344. The number of aryl methyl sites for hydroxylation is 1. The Hall–Kier alpha value is -2.60. The Kier molecular flexibility index (Phi) is 5.50. The van der Waals surface area contributed by atoms with E-state index in [2.05, 4.69) is 15.6 Å². The first-order chi connectivity index (χ1) is 12.1. The molecule has 2 aromatic rings. The average Bonchev–Trinajstić information content (AvgIpc) is 2.96. The number of anilines is 1. The molecule has 0 unspecified atom stereocenters. The maximum atomic E-state index is 12.2. The highest BCUT2D eigenvalue weighted by Crippen LogP contribution is 2.24. The number of rotatable bonds is 5. The van der Waals surface area contributed by atoms with Gasteiger partial charge in [0.15, 0.2) is 5.17 Å². The number of nitrogens with one attached hydrogen (secondary N) is 2. The number of hydrogen-bond acceptors (Lipinski definition) is 4. The number of aliphatic imine (C=N–C) groups is 1. The van der Waals surface area contributed by atoms with Crippen LogP contribution in [0.3, 0.4) is 0 Å². The summed E-state index contributed by atoms with van der Waals surface area (Å²) in [6.07, 6.45) is 0.120. The molecular formula is C19H19N3O2S. The van der Waals surface area contributed by atoms with E-state index in [1.807, 2.05) is 61.5 Å². The zero-order valence-electron chi connectivity index (χ0n) is 13.9. The van der Waals surface area contributed by atoms with Gasteiger partial charge in [-0.2, -0.15) is 0 Å². The van der Waals surface area contributed by atoms with Crippen LogP contribution in [0.15, 0.2) is 59.6 Å². The smallest absolute Gasteiger partial charge is 0.240 e. The van der Waals surface area contributed by atoms with Crippen molar-refractivity contribution in [2.24, 2.45) is 4.99 Å². The summed E-state index contributed by atoms with van der Waals surface area (Å²) in [7, 11) is 0. The minimum atomic E-state index is -0.446. The van der Waals surface area contributed by atoms with Gasteiger partial charge in [-0.15, -0.1) is 0 Å².